The van der Waals surface area contributed by atoms with Gasteiger partial charge in [0.05, 0.1) is 6.54 Å². The molecule has 1 aliphatic heterocycles. The number of nitrogens with zero attached hydrogens (tertiary/aromatic N) is 2. The summed E-state index contributed by atoms with van der Waals surface area (Å²) in [4.78, 5) is 16.1. The second-order valence-electron chi connectivity index (χ2n) is 4.88. The molecule has 1 N–H and O–H groups in total. The van der Waals surface area contributed by atoms with Gasteiger partial charge < -0.3 is 10.2 Å². The molecular formula is C14H21N3O. The molecule has 0 radical (unpaired) electrons. The number of rotatable bonds is 3. The summed E-state index contributed by atoms with van der Waals surface area (Å²) in [6.07, 6.45) is 0. The van der Waals surface area contributed by atoms with Gasteiger partial charge in [-0.15, -0.1) is 0 Å². The Morgan fingerprint density at radius 1 is 1.44 bits per heavy atom. The Hall–Kier alpha value is -1.39. The minimum Gasteiger partial charge on any atom is -0.314 e. The van der Waals surface area contributed by atoms with Crippen LogP contribution < -0.4 is 10.2 Å². The summed E-state index contributed by atoms with van der Waals surface area (Å²) in [5.74, 6) is 0.148. The van der Waals surface area contributed by atoms with Crippen LogP contribution in [0.3, 0.4) is 0 Å². The van der Waals surface area contributed by atoms with E-state index in [0.717, 1.165) is 25.3 Å². The highest BCUT2D eigenvalue weighted by Gasteiger charge is 2.20. The average Bonchev–Trinajstić information content (AvgIpc) is 2.39. The Bertz CT molecular complexity index is 393. The maximum atomic E-state index is 12.2. The van der Waals surface area contributed by atoms with E-state index in [1.165, 1.54) is 0 Å². The Morgan fingerprint density at radius 3 is 2.83 bits per heavy atom. The van der Waals surface area contributed by atoms with Crippen LogP contribution in [0.25, 0.3) is 0 Å². The number of carbonyl (C=O) groups is 1. The van der Waals surface area contributed by atoms with Crippen LogP contribution in [0.1, 0.15) is 6.92 Å². The molecule has 0 saturated carbocycles. The van der Waals surface area contributed by atoms with Crippen molar-refractivity contribution < 1.29 is 4.79 Å². The van der Waals surface area contributed by atoms with Crippen LogP contribution in [0.4, 0.5) is 5.69 Å². The van der Waals surface area contributed by atoms with E-state index in [0.29, 0.717) is 12.6 Å². The van der Waals surface area contributed by atoms with Crippen molar-refractivity contribution in [1.82, 2.24) is 10.2 Å². The van der Waals surface area contributed by atoms with E-state index in [9.17, 15) is 4.79 Å². The summed E-state index contributed by atoms with van der Waals surface area (Å²) >= 11 is 0. The standard InChI is InChI=1S/C14H21N3O/c1-12-10-17(9-8-15-12)11-14(18)16(2)13-6-4-3-5-7-13/h3-7,12,15H,8-11H2,1-2H3. The fourth-order valence-corrected chi connectivity index (χ4v) is 2.25. The zero-order valence-corrected chi connectivity index (χ0v) is 11.1. The zero-order valence-electron chi connectivity index (χ0n) is 11.1. The highest BCUT2D eigenvalue weighted by Crippen LogP contribution is 2.11. The minimum absolute atomic E-state index is 0.148. The molecule has 0 bridgehead atoms. The molecular weight excluding hydrogens is 226 g/mol. The lowest BCUT2D eigenvalue weighted by atomic mass is 10.2. The number of amides is 1. The molecule has 1 saturated heterocycles. The average molecular weight is 247 g/mol. The molecule has 4 nitrogen and oxygen atoms in total. The van der Waals surface area contributed by atoms with E-state index in [4.69, 9.17) is 0 Å². The molecule has 0 aromatic heterocycles. The molecule has 18 heavy (non-hydrogen) atoms. The Kier molecular flexibility index (Phi) is 4.33. The van der Waals surface area contributed by atoms with Crippen molar-refractivity contribution in [3.8, 4) is 0 Å². The number of piperazine rings is 1. The summed E-state index contributed by atoms with van der Waals surface area (Å²) in [6, 6.07) is 10.2. The molecule has 0 aliphatic carbocycles. The van der Waals surface area contributed by atoms with Crippen molar-refractivity contribution in [2.45, 2.75) is 13.0 Å². The number of hydrogen-bond acceptors (Lipinski definition) is 3. The molecule has 1 atom stereocenters. The molecule has 1 heterocycles. The molecule has 1 amide bonds. The van der Waals surface area contributed by atoms with Crippen LogP contribution in [-0.2, 0) is 4.79 Å². The Morgan fingerprint density at radius 2 is 2.17 bits per heavy atom. The third-order valence-electron chi connectivity index (χ3n) is 3.33. The van der Waals surface area contributed by atoms with Gasteiger partial charge in [-0.3, -0.25) is 9.69 Å². The first-order chi connectivity index (χ1) is 8.66. The van der Waals surface area contributed by atoms with Gasteiger partial charge in [0.25, 0.3) is 0 Å². The summed E-state index contributed by atoms with van der Waals surface area (Å²) in [5, 5.41) is 3.38. The van der Waals surface area contributed by atoms with Crippen molar-refractivity contribution in [2.75, 3.05) is 38.1 Å². The van der Waals surface area contributed by atoms with E-state index in [-0.39, 0.29) is 5.91 Å². The van der Waals surface area contributed by atoms with Crippen LogP contribution in [-0.4, -0.2) is 50.1 Å². The molecule has 1 aromatic rings. The topological polar surface area (TPSA) is 35.6 Å². The fourth-order valence-electron chi connectivity index (χ4n) is 2.25. The number of anilines is 1. The SMILES string of the molecule is CC1CN(CC(=O)N(C)c2ccccc2)CCN1. The maximum absolute atomic E-state index is 12.2. The first-order valence-electron chi connectivity index (χ1n) is 6.44. The fraction of sp³-hybridized carbons (Fsp3) is 0.500. The van der Waals surface area contributed by atoms with Gasteiger partial charge in [-0.05, 0) is 19.1 Å². The monoisotopic (exact) mass is 247 g/mol. The van der Waals surface area contributed by atoms with Crippen LogP contribution >= 0.6 is 0 Å². The van der Waals surface area contributed by atoms with Gasteiger partial charge in [0, 0.05) is 38.4 Å². The highest BCUT2D eigenvalue weighted by atomic mass is 16.2. The van der Waals surface area contributed by atoms with Gasteiger partial charge in [0.1, 0.15) is 0 Å². The minimum atomic E-state index is 0.148. The van der Waals surface area contributed by atoms with Gasteiger partial charge in [0.2, 0.25) is 5.91 Å². The first kappa shape index (κ1) is 13.1. The summed E-state index contributed by atoms with van der Waals surface area (Å²) < 4.78 is 0. The lowest BCUT2D eigenvalue weighted by Gasteiger charge is -2.32. The van der Waals surface area contributed by atoms with Gasteiger partial charge in [0.15, 0.2) is 0 Å². The summed E-state index contributed by atoms with van der Waals surface area (Å²) in [6.45, 7) is 5.49. The largest absolute Gasteiger partial charge is 0.314 e. The van der Waals surface area contributed by atoms with Crippen LogP contribution in [0.15, 0.2) is 30.3 Å². The zero-order chi connectivity index (χ0) is 13.0. The summed E-state index contributed by atoms with van der Waals surface area (Å²) in [5.41, 5.74) is 0.950. The van der Waals surface area contributed by atoms with E-state index >= 15 is 0 Å². The van der Waals surface area contributed by atoms with E-state index in [1.807, 2.05) is 37.4 Å². The van der Waals surface area contributed by atoms with Crippen molar-refractivity contribution >= 4 is 11.6 Å². The highest BCUT2D eigenvalue weighted by molar-refractivity contribution is 5.94. The number of para-hydroxylation sites is 1. The van der Waals surface area contributed by atoms with Crippen molar-refractivity contribution in [1.29, 1.82) is 0 Å². The molecule has 1 unspecified atom stereocenters. The van der Waals surface area contributed by atoms with Gasteiger partial charge in [-0.1, -0.05) is 18.2 Å². The van der Waals surface area contributed by atoms with Crippen molar-refractivity contribution in [3.63, 3.8) is 0 Å². The first-order valence-corrected chi connectivity index (χ1v) is 6.44. The predicted octanol–water partition coefficient (Wildman–Crippen LogP) is 0.943. The van der Waals surface area contributed by atoms with Gasteiger partial charge >= 0.3 is 0 Å². The van der Waals surface area contributed by atoms with Gasteiger partial charge in [-0.25, -0.2) is 0 Å². The second kappa shape index (κ2) is 5.98. The molecule has 98 valence electrons. The Balaban J connectivity index is 1.91. The molecule has 1 aromatic carbocycles. The predicted molar refractivity (Wildman–Crippen MR) is 73.8 cm³/mol. The quantitative estimate of drug-likeness (QED) is 0.863. The van der Waals surface area contributed by atoms with Crippen LogP contribution in [0.5, 0.6) is 0 Å². The number of likely N-dealkylation sites (N-methyl/N-ethyl adjacent to an activating group) is 1. The molecule has 1 fully saturated rings. The van der Waals surface area contributed by atoms with Crippen molar-refractivity contribution in [3.05, 3.63) is 30.3 Å². The molecule has 0 spiro atoms. The number of benzene rings is 1. The number of carbonyl (C=O) groups excluding carboxylic acids is 1. The normalized spacial score (nSPS) is 20.7. The van der Waals surface area contributed by atoms with Crippen LogP contribution in [0, 0.1) is 0 Å². The van der Waals surface area contributed by atoms with Crippen LogP contribution in [0.2, 0.25) is 0 Å². The maximum Gasteiger partial charge on any atom is 0.240 e. The number of nitrogens with one attached hydrogen (secondary N) is 1. The van der Waals surface area contributed by atoms with Crippen molar-refractivity contribution in [2.24, 2.45) is 0 Å². The lowest BCUT2D eigenvalue weighted by Crippen LogP contribution is -2.52. The lowest BCUT2D eigenvalue weighted by molar-refractivity contribution is -0.119. The third kappa shape index (κ3) is 3.31. The summed E-state index contributed by atoms with van der Waals surface area (Å²) in [7, 11) is 1.84. The van der Waals surface area contributed by atoms with E-state index in [1.54, 1.807) is 4.90 Å². The third-order valence-corrected chi connectivity index (χ3v) is 3.33. The van der Waals surface area contributed by atoms with Gasteiger partial charge in [-0.2, -0.15) is 0 Å². The molecule has 1 aliphatic rings. The van der Waals surface area contributed by atoms with E-state index < -0.39 is 0 Å². The molecule has 2 rings (SSSR count). The van der Waals surface area contributed by atoms with E-state index in [2.05, 4.69) is 17.1 Å². The smallest absolute Gasteiger partial charge is 0.240 e. The number of hydrogen-bond donors (Lipinski definition) is 1. The second-order valence-corrected chi connectivity index (χ2v) is 4.88. The Labute approximate surface area is 109 Å². The molecule has 4 heteroatoms.